The zero-order valence-electron chi connectivity index (χ0n) is 18.8. The molecule has 8 heteroatoms. The van der Waals surface area contributed by atoms with Crippen molar-refractivity contribution in [2.75, 3.05) is 11.1 Å². The van der Waals surface area contributed by atoms with Crippen LogP contribution in [0.3, 0.4) is 0 Å². The number of nitrogen functional groups attached to an aromatic ring is 1. The van der Waals surface area contributed by atoms with Gasteiger partial charge >= 0.3 is 0 Å². The van der Waals surface area contributed by atoms with E-state index in [1.807, 2.05) is 18.2 Å². The van der Waals surface area contributed by atoms with Crippen LogP contribution in [0.1, 0.15) is 41.5 Å². The summed E-state index contributed by atoms with van der Waals surface area (Å²) < 4.78 is 1.52. The molecule has 4 aromatic rings. The number of anilines is 3. The van der Waals surface area contributed by atoms with Crippen LogP contribution >= 0.6 is 0 Å². The molecule has 2 heterocycles. The molecule has 3 N–H and O–H groups in total. The molecule has 0 radical (unpaired) electrons. The fraction of sp³-hybridized carbons (Fsp3) is 0.269. The van der Waals surface area contributed by atoms with Crippen molar-refractivity contribution in [1.82, 2.24) is 25.0 Å². The van der Waals surface area contributed by atoms with Gasteiger partial charge in [0.05, 0.1) is 5.69 Å². The lowest BCUT2D eigenvalue weighted by Gasteiger charge is -2.09. The number of rotatable bonds is 3. The molecule has 0 amide bonds. The number of hydrogen-bond acceptors (Lipinski definition) is 7. The van der Waals surface area contributed by atoms with Gasteiger partial charge in [0.2, 0.25) is 11.9 Å². The predicted octanol–water partition coefficient (Wildman–Crippen LogP) is 3.99. The zero-order chi connectivity index (χ0) is 23.1. The molecular formula is C26H25N7O. The summed E-state index contributed by atoms with van der Waals surface area (Å²) in [6.45, 7) is 0. The molecule has 0 spiro atoms. The fourth-order valence-electron chi connectivity index (χ4n) is 4.91. The van der Waals surface area contributed by atoms with Crippen LogP contribution in [0.15, 0.2) is 48.5 Å². The van der Waals surface area contributed by atoms with Crippen LogP contribution in [0.4, 0.5) is 17.6 Å². The monoisotopic (exact) mass is 451 g/mol. The van der Waals surface area contributed by atoms with E-state index in [4.69, 9.17) is 5.73 Å². The van der Waals surface area contributed by atoms with Crippen molar-refractivity contribution in [1.29, 1.82) is 0 Å². The van der Waals surface area contributed by atoms with E-state index in [0.29, 0.717) is 30.4 Å². The maximum atomic E-state index is 11.8. The van der Waals surface area contributed by atoms with Gasteiger partial charge in [-0.1, -0.05) is 30.3 Å². The number of hydrogen-bond donors (Lipinski definition) is 2. The average molecular weight is 452 g/mol. The molecule has 8 nitrogen and oxygen atoms in total. The first-order valence-corrected chi connectivity index (χ1v) is 11.7. The summed E-state index contributed by atoms with van der Waals surface area (Å²) in [4.78, 5) is 16.2. The van der Waals surface area contributed by atoms with Crippen LogP contribution in [-0.4, -0.2) is 30.7 Å². The number of carbonyl (C=O) groups is 1. The van der Waals surface area contributed by atoms with Crippen molar-refractivity contribution >= 4 is 23.4 Å². The van der Waals surface area contributed by atoms with Crippen molar-refractivity contribution < 1.29 is 4.79 Å². The molecule has 2 aliphatic carbocycles. The van der Waals surface area contributed by atoms with Crippen molar-refractivity contribution in [3.05, 3.63) is 70.8 Å². The second-order valence-corrected chi connectivity index (χ2v) is 8.94. The maximum Gasteiger partial charge on any atom is 0.248 e. The molecule has 2 aromatic carbocycles. The molecule has 0 saturated heterocycles. The summed E-state index contributed by atoms with van der Waals surface area (Å²) in [6.07, 6.45) is 5.78. The van der Waals surface area contributed by atoms with Gasteiger partial charge < -0.3 is 11.1 Å². The number of nitrogens with one attached hydrogen (secondary N) is 1. The molecule has 0 aliphatic heterocycles. The van der Waals surface area contributed by atoms with Crippen LogP contribution in [0.25, 0.3) is 17.1 Å². The maximum absolute atomic E-state index is 11.8. The number of fused-ring (bicyclic) bond motifs is 4. The second-order valence-electron chi connectivity index (χ2n) is 8.94. The number of ketones is 1. The van der Waals surface area contributed by atoms with Crippen LogP contribution < -0.4 is 11.1 Å². The van der Waals surface area contributed by atoms with Crippen molar-refractivity contribution in [3.63, 3.8) is 0 Å². The van der Waals surface area contributed by atoms with Gasteiger partial charge in [-0.15, -0.1) is 15.3 Å². The smallest absolute Gasteiger partial charge is 0.248 e. The number of nitrogens with zero attached hydrogens (tertiary/aromatic N) is 5. The molecule has 0 bridgehead atoms. The molecule has 170 valence electrons. The van der Waals surface area contributed by atoms with Crippen molar-refractivity contribution in [2.24, 2.45) is 0 Å². The summed E-state index contributed by atoms with van der Waals surface area (Å²) >= 11 is 0. The minimum atomic E-state index is 0.242. The lowest BCUT2D eigenvalue weighted by atomic mass is 10.0. The Hall–Kier alpha value is -4.07. The van der Waals surface area contributed by atoms with Gasteiger partial charge in [-0.2, -0.15) is 9.67 Å². The van der Waals surface area contributed by atoms with Gasteiger partial charge in [0.15, 0.2) is 5.82 Å². The Kier molecular flexibility index (Phi) is 5.05. The summed E-state index contributed by atoms with van der Waals surface area (Å²) in [5.41, 5.74) is 14.0. The van der Waals surface area contributed by atoms with Gasteiger partial charge in [0.1, 0.15) is 5.78 Å². The summed E-state index contributed by atoms with van der Waals surface area (Å²) in [5, 5.41) is 16.8. The summed E-state index contributed by atoms with van der Waals surface area (Å²) in [7, 11) is 0. The van der Waals surface area contributed by atoms with Gasteiger partial charge in [0, 0.05) is 24.1 Å². The lowest BCUT2D eigenvalue weighted by Crippen LogP contribution is -2.08. The van der Waals surface area contributed by atoms with E-state index in [9.17, 15) is 4.79 Å². The van der Waals surface area contributed by atoms with Crippen LogP contribution in [0.5, 0.6) is 0 Å². The highest BCUT2D eigenvalue weighted by Gasteiger charge is 2.19. The molecule has 0 atom stereocenters. The molecule has 0 saturated carbocycles. The number of nitrogens with two attached hydrogens (primary N) is 1. The molecule has 0 fully saturated rings. The van der Waals surface area contributed by atoms with E-state index < -0.39 is 0 Å². The average Bonchev–Trinajstić information content (AvgIpc) is 3.00. The Bertz CT molecular complexity index is 1410. The van der Waals surface area contributed by atoms with Gasteiger partial charge in [-0.25, -0.2) is 0 Å². The predicted molar refractivity (Wildman–Crippen MR) is 130 cm³/mol. The molecule has 34 heavy (non-hydrogen) atoms. The van der Waals surface area contributed by atoms with Gasteiger partial charge in [-0.05, 0) is 72.6 Å². The van der Waals surface area contributed by atoms with Gasteiger partial charge in [0.25, 0.3) is 0 Å². The van der Waals surface area contributed by atoms with Crippen molar-refractivity contribution in [3.8, 4) is 17.1 Å². The molecule has 2 aromatic heterocycles. The Morgan fingerprint density at radius 3 is 2.56 bits per heavy atom. The first-order valence-electron chi connectivity index (χ1n) is 11.7. The normalized spacial score (nSPS) is 15.0. The number of aryl methyl sites for hydroxylation is 4. The van der Waals surface area contributed by atoms with E-state index in [-0.39, 0.29) is 5.95 Å². The Labute approximate surface area is 197 Å². The third-order valence-electron chi connectivity index (χ3n) is 6.68. The highest BCUT2D eigenvalue weighted by Crippen LogP contribution is 2.31. The highest BCUT2D eigenvalue weighted by atomic mass is 16.1. The number of Topliss-reactive ketones (excluding diaryl/α,β-unsaturated/α-hetero) is 1. The first kappa shape index (κ1) is 20.5. The van der Waals surface area contributed by atoms with Crippen LogP contribution in [-0.2, 0) is 30.5 Å². The van der Waals surface area contributed by atoms with Gasteiger partial charge in [-0.3, -0.25) is 4.79 Å². The number of benzene rings is 2. The Balaban J connectivity index is 1.28. The summed E-state index contributed by atoms with van der Waals surface area (Å²) in [5.74, 6) is 1.51. The van der Waals surface area contributed by atoms with Crippen LogP contribution in [0, 0.1) is 0 Å². The van der Waals surface area contributed by atoms with E-state index >= 15 is 0 Å². The molecule has 2 aliphatic rings. The largest absolute Gasteiger partial charge is 0.368 e. The molecular weight excluding hydrogens is 426 g/mol. The second kappa shape index (κ2) is 8.37. The topological polar surface area (TPSA) is 112 Å². The minimum Gasteiger partial charge on any atom is -0.368 e. The van der Waals surface area contributed by atoms with Crippen molar-refractivity contribution in [2.45, 2.75) is 44.9 Å². The molecule has 6 rings (SSSR count). The quantitative estimate of drug-likeness (QED) is 0.453. The Morgan fingerprint density at radius 1 is 0.824 bits per heavy atom. The SMILES string of the molecule is Nc1nc(Nc2ccc3c(c2)CCC(=O)CC3)nn1-c1cc2c(nn1)-c1ccccc1CCC2. The van der Waals surface area contributed by atoms with E-state index in [1.54, 1.807) is 0 Å². The molecule has 0 unspecified atom stereocenters. The first-order chi connectivity index (χ1) is 16.6. The Morgan fingerprint density at radius 2 is 1.65 bits per heavy atom. The third-order valence-corrected chi connectivity index (χ3v) is 6.68. The fourth-order valence-corrected chi connectivity index (χ4v) is 4.91. The minimum absolute atomic E-state index is 0.242. The zero-order valence-corrected chi connectivity index (χ0v) is 18.8. The standard InChI is InChI=1S/C26H25N7O/c27-25-29-26(28-20-11-8-16-9-12-21(34)13-10-18(16)14-20)32-33(25)23-15-19-6-3-5-17-4-1-2-7-22(17)24(19)31-30-23/h1-2,4,7-8,11,14-15H,3,5-6,9-10,12-13H2,(H3,27,28,29,32). The van der Waals surface area contributed by atoms with Crippen LogP contribution in [0.2, 0.25) is 0 Å². The highest BCUT2D eigenvalue weighted by molar-refractivity contribution is 5.80. The van der Waals surface area contributed by atoms with E-state index in [2.05, 4.69) is 55.9 Å². The lowest BCUT2D eigenvalue weighted by molar-refractivity contribution is -0.118. The third kappa shape index (κ3) is 3.81. The number of carbonyl (C=O) groups excluding carboxylic acids is 1. The number of aromatic nitrogens is 5. The van der Waals surface area contributed by atoms with E-state index in [0.717, 1.165) is 54.6 Å². The summed E-state index contributed by atoms with van der Waals surface area (Å²) in [6, 6.07) is 16.5. The van der Waals surface area contributed by atoms with E-state index in [1.165, 1.54) is 21.4 Å².